The fraction of sp³-hybridized carbons (Fsp3) is 0.167. The molecule has 2 N–H and O–H groups in total. The minimum Gasteiger partial charge on any atom is -0.454 e. The van der Waals surface area contributed by atoms with E-state index in [9.17, 15) is 18.0 Å². The number of amides is 1. The molecule has 4 aromatic rings. The van der Waals surface area contributed by atoms with Crippen molar-refractivity contribution in [2.45, 2.75) is 24.3 Å². The van der Waals surface area contributed by atoms with Crippen molar-refractivity contribution in [1.29, 1.82) is 0 Å². The minimum atomic E-state index is -3.83. The molecule has 13 heteroatoms. The summed E-state index contributed by atoms with van der Waals surface area (Å²) in [6.07, 6.45) is 1.49. The summed E-state index contributed by atoms with van der Waals surface area (Å²) in [5.74, 6) is 0.678. The Bertz CT molecular complexity index is 1630. The van der Waals surface area contributed by atoms with E-state index in [4.69, 9.17) is 9.47 Å². The molecule has 11 nitrogen and oxygen atoms in total. The van der Waals surface area contributed by atoms with Gasteiger partial charge in [0.1, 0.15) is 5.54 Å². The average molecular weight is 540 g/mol. The van der Waals surface area contributed by atoms with E-state index in [1.807, 2.05) is 0 Å². The fourth-order valence-electron chi connectivity index (χ4n) is 3.57. The highest BCUT2D eigenvalue weighted by Gasteiger charge is 2.32. The van der Waals surface area contributed by atoms with Gasteiger partial charge in [-0.1, -0.05) is 0 Å². The van der Waals surface area contributed by atoms with E-state index in [1.165, 1.54) is 36.5 Å². The molecule has 1 aliphatic rings. The Morgan fingerprint density at radius 2 is 1.81 bits per heavy atom. The number of carbonyl (C=O) groups excluding carboxylic acids is 1. The van der Waals surface area contributed by atoms with Crippen LogP contribution in [0.15, 0.2) is 75.9 Å². The molecule has 0 unspecified atom stereocenters. The first kappa shape index (κ1) is 24.5. The Morgan fingerprint density at radius 1 is 1.05 bits per heavy atom. The number of ether oxygens (including phenoxy) is 2. The molecule has 0 saturated carbocycles. The summed E-state index contributed by atoms with van der Waals surface area (Å²) >= 11 is 1.16. The number of hydrogen-bond donors (Lipinski definition) is 2. The maximum Gasteiger partial charge on any atom is 0.267 e. The largest absolute Gasteiger partial charge is 0.454 e. The molecule has 2 aromatic heterocycles. The highest BCUT2D eigenvalue weighted by molar-refractivity contribution is 7.93. The highest BCUT2D eigenvalue weighted by atomic mass is 32.2. The first-order valence-corrected chi connectivity index (χ1v) is 13.3. The van der Waals surface area contributed by atoms with Crippen molar-refractivity contribution in [2.24, 2.45) is 0 Å². The van der Waals surface area contributed by atoms with Crippen LogP contribution in [-0.4, -0.2) is 35.9 Å². The summed E-state index contributed by atoms with van der Waals surface area (Å²) in [5, 5.41) is 9.07. The summed E-state index contributed by atoms with van der Waals surface area (Å²) in [7, 11) is -3.83. The first-order chi connectivity index (χ1) is 17.6. The van der Waals surface area contributed by atoms with Crippen molar-refractivity contribution in [3.8, 4) is 22.8 Å². The molecule has 5 rings (SSSR count). The quantitative estimate of drug-likeness (QED) is 0.365. The van der Waals surface area contributed by atoms with Crippen LogP contribution in [0.1, 0.15) is 13.8 Å². The van der Waals surface area contributed by atoms with Crippen molar-refractivity contribution in [3.05, 3.63) is 76.5 Å². The third-order valence-corrected chi connectivity index (χ3v) is 7.80. The second-order valence-corrected chi connectivity index (χ2v) is 11.1. The van der Waals surface area contributed by atoms with E-state index in [2.05, 4.69) is 20.1 Å². The van der Waals surface area contributed by atoms with Crippen LogP contribution in [0.2, 0.25) is 0 Å². The normalized spacial score (nSPS) is 12.8. The van der Waals surface area contributed by atoms with E-state index >= 15 is 0 Å². The fourth-order valence-corrected chi connectivity index (χ4v) is 5.36. The third kappa shape index (κ3) is 4.90. The molecule has 1 amide bonds. The number of nitrogens with one attached hydrogen (secondary N) is 2. The van der Waals surface area contributed by atoms with E-state index in [-0.39, 0.29) is 16.8 Å². The maximum atomic E-state index is 13.2. The van der Waals surface area contributed by atoms with Gasteiger partial charge in [-0.15, -0.1) is 11.3 Å². The van der Waals surface area contributed by atoms with Gasteiger partial charge in [0, 0.05) is 28.9 Å². The molecule has 0 atom stereocenters. The van der Waals surface area contributed by atoms with Crippen LogP contribution in [0.3, 0.4) is 0 Å². The zero-order valence-electron chi connectivity index (χ0n) is 19.7. The van der Waals surface area contributed by atoms with Crippen LogP contribution in [0.5, 0.6) is 11.5 Å². The molecule has 190 valence electrons. The zero-order valence-corrected chi connectivity index (χ0v) is 21.3. The number of aromatic nitrogens is 3. The number of nitrogens with zero attached hydrogens (tertiary/aromatic N) is 3. The third-order valence-electron chi connectivity index (χ3n) is 5.63. The van der Waals surface area contributed by atoms with Gasteiger partial charge < -0.3 is 14.8 Å². The molecule has 0 saturated heterocycles. The molecular weight excluding hydrogens is 518 g/mol. The summed E-state index contributed by atoms with van der Waals surface area (Å²) in [6, 6.07) is 13.9. The lowest BCUT2D eigenvalue weighted by atomic mass is 10.0. The number of fused-ring (bicyclic) bond motifs is 1. The Kier molecular flexibility index (Phi) is 6.17. The first-order valence-electron chi connectivity index (χ1n) is 11.0. The van der Waals surface area contributed by atoms with E-state index in [1.54, 1.807) is 43.5 Å². The Labute approximate surface area is 215 Å². The van der Waals surface area contributed by atoms with Crippen molar-refractivity contribution >= 4 is 38.1 Å². The Balaban J connectivity index is 1.35. The Hall–Kier alpha value is -4.23. The smallest absolute Gasteiger partial charge is 0.267 e. The number of benzene rings is 2. The molecule has 37 heavy (non-hydrogen) atoms. The molecular formula is C24H21N5O6S2. The second kappa shape index (κ2) is 9.33. The van der Waals surface area contributed by atoms with E-state index < -0.39 is 27.0 Å². The summed E-state index contributed by atoms with van der Waals surface area (Å²) in [6.45, 7) is 3.27. The summed E-state index contributed by atoms with van der Waals surface area (Å²) < 4.78 is 39.3. The molecule has 0 spiro atoms. The second-order valence-electron chi connectivity index (χ2n) is 8.52. The van der Waals surface area contributed by atoms with Gasteiger partial charge in [0.05, 0.1) is 10.6 Å². The lowest BCUT2D eigenvalue weighted by Gasteiger charge is -2.25. The number of hydrogen-bond acceptors (Lipinski definition) is 9. The molecule has 0 bridgehead atoms. The van der Waals surface area contributed by atoms with E-state index in [0.29, 0.717) is 28.4 Å². The number of rotatable bonds is 7. The van der Waals surface area contributed by atoms with Crippen LogP contribution in [-0.2, 0) is 20.4 Å². The predicted molar refractivity (Wildman–Crippen MR) is 137 cm³/mol. The molecule has 1 aliphatic heterocycles. The maximum absolute atomic E-state index is 13.2. The molecule has 0 radical (unpaired) electrons. The molecule has 0 fully saturated rings. The monoisotopic (exact) mass is 539 g/mol. The number of thiazole rings is 1. The van der Waals surface area contributed by atoms with Crippen LogP contribution in [0, 0.1) is 0 Å². The van der Waals surface area contributed by atoms with Gasteiger partial charge in [0.2, 0.25) is 6.79 Å². The van der Waals surface area contributed by atoms with Crippen LogP contribution >= 0.6 is 11.3 Å². The van der Waals surface area contributed by atoms with Gasteiger partial charge in [-0.2, -0.15) is 5.10 Å². The Morgan fingerprint density at radius 3 is 2.54 bits per heavy atom. The van der Waals surface area contributed by atoms with Gasteiger partial charge in [-0.05, 0) is 62.4 Å². The molecule has 0 aliphatic carbocycles. The zero-order chi connectivity index (χ0) is 26.2. The van der Waals surface area contributed by atoms with E-state index in [0.717, 1.165) is 16.0 Å². The van der Waals surface area contributed by atoms with Gasteiger partial charge in [0.25, 0.3) is 21.5 Å². The topological polar surface area (TPSA) is 142 Å². The van der Waals surface area contributed by atoms with Crippen molar-refractivity contribution < 1.29 is 22.7 Å². The van der Waals surface area contributed by atoms with Gasteiger partial charge in [-0.25, -0.2) is 18.1 Å². The average Bonchev–Trinajstić information content (AvgIpc) is 3.55. The predicted octanol–water partition coefficient (Wildman–Crippen LogP) is 3.27. The SMILES string of the molecule is CC(C)(C(=O)Nc1ccc(S(=O)(=O)Nc2nccs2)cc1)n1nc(-c2ccc3c(c2)OCO3)ccc1=O. The molecule has 3 heterocycles. The van der Waals surface area contributed by atoms with Gasteiger partial charge in [-0.3, -0.25) is 14.3 Å². The van der Waals surface area contributed by atoms with Crippen molar-refractivity contribution in [2.75, 3.05) is 16.8 Å². The highest BCUT2D eigenvalue weighted by Crippen LogP contribution is 2.35. The van der Waals surface area contributed by atoms with Crippen LogP contribution in [0.4, 0.5) is 10.8 Å². The number of anilines is 2. The minimum absolute atomic E-state index is 0.00859. The van der Waals surface area contributed by atoms with Crippen LogP contribution in [0.25, 0.3) is 11.3 Å². The summed E-state index contributed by atoms with van der Waals surface area (Å²) in [5.41, 5.74) is -0.315. The molecule has 2 aromatic carbocycles. The number of carbonyl (C=O) groups is 1. The lowest BCUT2D eigenvalue weighted by molar-refractivity contribution is -0.123. The van der Waals surface area contributed by atoms with Crippen molar-refractivity contribution in [3.63, 3.8) is 0 Å². The van der Waals surface area contributed by atoms with Gasteiger partial charge in [0.15, 0.2) is 16.6 Å². The lowest BCUT2D eigenvalue weighted by Crippen LogP contribution is -2.47. The van der Waals surface area contributed by atoms with Gasteiger partial charge >= 0.3 is 0 Å². The van der Waals surface area contributed by atoms with Crippen LogP contribution < -0.4 is 25.1 Å². The standard InChI is InChI=1S/C24H21N5O6S2/c1-24(2,29-21(30)10-8-18(27-29)15-3-9-19-20(13-15)35-14-34-19)22(31)26-16-4-6-17(7-5-16)37(32,33)28-23-25-11-12-36-23/h3-13H,14H2,1-2H3,(H,25,28)(H,26,31). The van der Waals surface area contributed by atoms with Crippen molar-refractivity contribution in [1.82, 2.24) is 14.8 Å². The summed E-state index contributed by atoms with van der Waals surface area (Å²) in [4.78, 5) is 29.8. The number of sulfonamides is 1.